The van der Waals surface area contributed by atoms with Gasteiger partial charge in [-0.3, -0.25) is 4.99 Å². The number of hydrogen-bond acceptors (Lipinski definition) is 3. The molecule has 1 fully saturated rings. The highest BCUT2D eigenvalue weighted by molar-refractivity contribution is 7.20. The molecule has 2 aliphatic rings. The van der Waals surface area contributed by atoms with Gasteiger partial charge in [0.2, 0.25) is 0 Å². The lowest BCUT2D eigenvalue weighted by Gasteiger charge is -2.48. The Labute approximate surface area is 208 Å². The summed E-state index contributed by atoms with van der Waals surface area (Å²) in [6, 6.07) is 42.8. The Morgan fingerprint density at radius 2 is 1.23 bits per heavy atom. The van der Waals surface area contributed by atoms with Crippen LogP contribution < -0.4 is 27.2 Å². The molecule has 0 radical (unpaired) electrons. The predicted molar refractivity (Wildman–Crippen MR) is 149 cm³/mol. The van der Waals surface area contributed by atoms with E-state index < -0.39 is 6.15 Å². The standard InChI is InChI=1S/C31H31BN3/c1-4-13-25(14-5-1)32(26-15-6-2-7-16-26,27-17-8-3-9-18-27)29-20-11-10-19-28(29)30-21-23-34-31-33-22-12-24-35(30)31/h1-11,13-20,30H,12,21-24H2,(H,33,34)/q-1. The van der Waals surface area contributed by atoms with Gasteiger partial charge in [0, 0.05) is 19.6 Å². The van der Waals surface area contributed by atoms with Gasteiger partial charge in [0.25, 0.3) is 0 Å². The second-order valence-electron chi connectivity index (χ2n) is 9.71. The van der Waals surface area contributed by atoms with E-state index in [1.54, 1.807) is 0 Å². The summed E-state index contributed by atoms with van der Waals surface area (Å²) in [4.78, 5) is 7.34. The lowest BCUT2D eigenvalue weighted by molar-refractivity contribution is 0.257. The maximum atomic E-state index is 4.83. The van der Waals surface area contributed by atoms with Gasteiger partial charge in [0.15, 0.2) is 5.96 Å². The number of fused-ring (bicyclic) bond motifs is 1. The number of benzene rings is 4. The fourth-order valence-electron chi connectivity index (χ4n) is 6.43. The molecule has 4 heteroatoms. The zero-order chi connectivity index (χ0) is 23.5. The summed E-state index contributed by atoms with van der Waals surface area (Å²) in [7, 11) is 0. The van der Waals surface area contributed by atoms with Crippen molar-refractivity contribution in [3.05, 3.63) is 121 Å². The summed E-state index contributed by atoms with van der Waals surface area (Å²) in [6.45, 7) is 2.92. The van der Waals surface area contributed by atoms with Gasteiger partial charge in [0.05, 0.1) is 6.04 Å². The molecule has 4 aromatic rings. The molecule has 2 aliphatic heterocycles. The molecule has 0 aliphatic carbocycles. The molecule has 4 aromatic carbocycles. The van der Waals surface area contributed by atoms with Crippen molar-refractivity contribution in [2.75, 3.05) is 19.6 Å². The quantitative estimate of drug-likeness (QED) is 0.468. The Hall–Kier alpha value is -3.79. The number of guanidine groups is 1. The van der Waals surface area contributed by atoms with E-state index in [0.717, 1.165) is 38.4 Å². The molecule has 35 heavy (non-hydrogen) atoms. The lowest BCUT2D eigenvalue weighted by Crippen LogP contribution is -2.75. The molecule has 0 aromatic heterocycles. The highest BCUT2D eigenvalue weighted by Crippen LogP contribution is 2.29. The minimum Gasteiger partial charge on any atom is -0.356 e. The zero-order valence-corrected chi connectivity index (χ0v) is 20.1. The van der Waals surface area contributed by atoms with Crippen LogP contribution in [-0.4, -0.2) is 36.6 Å². The fraction of sp³-hybridized carbons (Fsp3) is 0.194. The Morgan fingerprint density at radius 3 is 1.83 bits per heavy atom. The second-order valence-corrected chi connectivity index (χ2v) is 9.71. The molecule has 174 valence electrons. The molecule has 0 amide bonds. The van der Waals surface area contributed by atoms with Gasteiger partial charge < -0.3 is 10.2 Å². The highest BCUT2D eigenvalue weighted by Gasteiger charge is 2.36. The Balaban J connectivity index is 1.65. The summed E-state index contributed by atoms with van der Waals surface area (Å²) in [5.74, 6) is 1.07. The van der Waals surface area contributed by atoms with Gasteiger partial charge in [-0.05, 0) is 12.8 Å². The Kier molecular flexibility index (Phi) is 5.87. The van der Waals surface area contributed by atoms with Crippen LogP contribution in [0.1, 0.15) is 24.4 Å². The molecular formula is C31H31BN3-. The second kappa shape index (κ2) is 9.46. The summed E-state index contributed by atoms with van der Waals surface area (Å²) in [6.07, 6.45) is 0.782. The van der Waals surface area contributed by atoms with Gasteiger partial charge in [-0.2, -0.15) is 21.9 Å². The van der Waals surface area contributed by atoms with Gasteiger partial charge in [0.1, 0.15) is 6.15 Å². The van der Waals surface area contributed by atoms with Crippen molar-refractivity contribution in [1.82, 2.24) is 10.2 Å². The largest absolute Gasteiger partial charge is 0.356 e. The number of aliphatic imine (C=N–C) groups is 1. The molecule has 3 nitrogen and oxygen atoms in total. The summed E-state index contributed by atoms with van der Waals surface area (Å²) < 4.78 is 0. The molecule has 0 spiro atoms. The van der Waals surface area contributed by atoms with E-state index in [1.165, 1.54) is 27.4 Å². The smallest absolute Gasteiger partial charge is 0.194 e. The van der Waals surface area contributed by atoms with Crippen molar-refractivity contribution in [3.63, 3.8) is 0 Å². The van der Waals surface area contributed by atoms with Crippen molar-refractivity contribution in [2.24, 2.45) is 4.99 Å². The normalized spacial score (nSPS) is 17.8. The highest BCUT2D eigenvalue weighted by atomic mass is 15.3. The molecule has 0 saturated carbocycles. The Morgan fingerprint density at radius 1 is 0.686 bits per heavy atom. The monoisotopic (exact) mass is 456 g/mol. The molecule has 1 atom stereocenters. The fourth-order valence-corrected chi connectivity index (χ4v) is 6.43. The van der Waals surface area contributed by atoms with Crippen molar-refractivity contribution in [1.29, 1.82) is 0 Å². The van der Waals surface area contributed by atoms with E-state index in [-0.39, 0.29) is 0 Å². The van der Waals surface area contributed by atoms with Gasteiger partial charge in [-0.15, -0.1) is 0 Å². The number of rotatable bonds is 5. The average Bonchev–Trinajstić information content (AvgIpc) is 2.95. The summed E-state index contributed by atoms with van der Waals surface area (Å²) in [5.41, 5.74) is 6.87. The van der Waals surface area contributed by atoms with Crippen molar-refractivity contribution in [3.8, 4) is 0 Å². The van der Waals surface area contributed by atoms with Crippen LogP contribution in [0.25, 0.3) is 0 Å². The first kappa shape index (κ1) is 21.7. The molecule has 6 rings (SSSR count). The zero-order valence-electron chi connectivity index (χ0n) is 20.1. The Bertz CT molecular complexity index is 1210. The van der Waals surface area contributed by atoms with Crippen LogP contribution in [0.15, 0.2) is 120 Å². The van der Waals surface area contributed by atoms with E-state index in [4.69, 9.17) is 4.99 Å². The van der Waals surface area contributed by atoms with Crippen LogP contribution in [0.2, 0.25) is 0 Å². The van der Waals surface area contributed by atoms with Crippen LogP contribution in [0.5, 0.6) is 0 Å². The van der Waals surface area contributed by atoms with Crippen LogP contribution in [0, 0.1) is 0 Å². The van der Waals surface area contributed by atoms with E-state index in [1.807, 2.05) is 0 Å². The van der Waals surface area contributed by atoms with Crippen LogP contribution in [0.3, 0.4) is 0 Å². The topological polar surface area (TPSA) is 27.6 Å². The first-order chi connectivity index (χ1) is 17.4. The van der Waals surface area contributed by atoms with Crippen molar-refractivity contribution < 1.29 is 0 Å². The number of hydrogen-bond donors (Lipinski definition) is 1. The molecule has 1 saturated heterocycles. The minimum absolute atomic E-state index is 0.309. The van der Waals surface area contributed by atoms with Crippen LogP contribution >= 0.6 is 0 Å². The lowest BCUT2D eigenvalue weighted by atomic mass is 9.12. The van der Waals surface area contributed by atoms with E-state index in [2.05, 4.69) is 125 Å². The summed E-state index contributed by atoms with van der Waals surface area (Å²) in [5, 5.41) is 3.56. The SMILES string of the molecule is c1ccc([B-](c2ccccc2)(c2ccccc2)c2ccccc2C2CCN=C3NCCCN32)cc1. The number of nitrogens with one attached hydrogen (secondary N) is 1. The molecule has 2 heterocycles. The average molecular weight is 456 g/mol. The van der Waals surface area contributed by atoms with Crippen molar-refractivity contribution >= 4 is 34.0 Å². The third kappa shape index (κ3) is 3.74. The first-order valence-electron chi connectivity index (χ1n) is 12.9. The van der Waals surface area contributed by atoms with Crippen LogP contribution in [0.4, 0.5) is 0 Å². The predicted octanol–water partition coefficient (Wildman–Crippen LogP) is 3.16. The maximum Gasteiger partial charge on any atom is 0.194 e. The third-order valence-electron chi connectivity index (χ3n) is 7.89. The molecule has 0 bridgehead atoms. The molecular weight excluding hydrogens is 425 g/mol. The minimum atomic E-state index is -1.40. The molecule has 1 unspecified atom stereocenters. The van der Waals surface area contributed by atoms with Crippen LogP contribution in [-0.2, 0) is 0 Å². The van der Waals surface area contributed by atoms with E-state index >= 15 is 0 Å². The van der Waals surface area contributed by atoms with Crippen molar-refractivity contribution in [2.45, 2.75) is 18.9 Å². The van der Waals surface area contributed by atoms with Gasteiger partial charge in [-0.1, -0.05) is 121 Å². The maximum absolute atomic E-state index is 4.83. The van der Waals surface area contributed by atoms with Gasteiger partial charge >= 0.3 is 0 Å². The molecule has 1 N–H and O–H groups in total. The van der Waals surface area contributed by atoms with E-state index in [9.17, 15) is 0 Å². The van der Waals surface area contributed by atoms with Gasteiger partial charge in [-0.25, -0.2) is 0 Å². The number of nitrogens with zero attached hydrogens (tertiary/aromatic N) is 2. The third-order valence-corrected chi connectivity index (χ3v) is 7.89. The summed E-state index contributed by atoms with van der Waals surface area (Å²) >= 11 is 0. The first-order valence-corrected chi connectivity index (χ1v) is 12.9. The van der Waals surface area contributed by atoms with E-state index in [0.29, 0.717) is 6.04 Å².